The molecule has 7 nitrogen and oxygen atoms in total. The topological polar surface area (TPSA) is 113 Å². The van der Waals surface area contributed by atoms with Crippen LogP contribution < -0.4 is 11.1 Å². The summed E-state index contributed by atoms with van der Waals surface area (Å²) in [5.41, 5.74) is 4.97. The number of rotatable bonds is 5. The van der Waals surface area contributed by atoms with Crippen LogP contribution >= 0.6 is 11.8 Å². The van der Waals surface area contributed by atoms with Crippen molar-refractivity contribution in [3.63, 3.8) is 0 Å². The summed E-state index contributed by atoms with van der Waals surface area (Å²) < 4.78 is 0. The SMILES string of the molecule is NC(=O)CCNC(=O)N1CCSCC1CC(=O)O. The number of hydrogen-bond acceptors (Lipinski definition) is 4. The Morgan fingerprint density at radius 3 is 2.78 bits per heavy atom. The maximum atomic E-state index is 11.8. The van der Waals surface area contributed by atoms with Crippen molar-refractivity contribution in [3.05, 3.63) is 0 Å². The molecule has 0 aromatic heterocycles. The van der Waals surface area contributed by atoms with E-state index in [0.717, 1.165) is 5.75 Å². The first-order valence-corrected chi connectivity index (χ1v) is 6.78. The molecule has 102 valence electrons. The van der Waals surface area contributed by atoms with Crippen LogP contribution in [-0.4, -0.2) is 58.6 Å². The normalized spacial score (nSPS) is 19.3. The van der Waals surface area contributed by atoms with Crippen LogP contribution in [-0.2, 0) is 9.59 Å². The average molecular weight is 275 g/mol. The molecule has 0 aromatic carbocycles. The summed E-state index contributed by atoms with van der Waals surface area (Å²) in [5.74, 6) is 0.0126. The second-order valence-electron chi connectivity index (χ2n) is 3.97. The maximum Gasteiger partial charge on any atom is 0.317 e. The minimum absolute atomic E-state index is 0.0593. The molecule has 0 bridgehead atoms. The third-order valence-electron chi connectivity index (χ3n) is 2.55. The van der Waals surface area contributed by atoms with Gasteiger partial charge in [0, 0.05) is 31.0 Å². The number of carbonyl (C=O) groups excluding carboxylic acids is 2. The van der Waals surface area contributed by atoms with Gasteiger partial charge in [-0.15, -0.1) is 0 Å². The molecule has 0 radical (unpaired) electrons. The Balaban J connectivity index is 2.46. The van der Waals surface area contributed by atoms with Gasteiger partial charge in [0.1, 0.15) is 0 Å². The Kier molecular flexibility index (Phi) is 5.76. The van der Waals surface area contributed by atoms with Gasteiger partial charge in [-0.2, -0.15) is 11.8 Å². The lowest BCUT2D eigenvalue weighted by Gasteiger charge is -2.34. The summed E-state index contributed by atoms with van der Waals surface area (Å²) in [6, 6.07) is -0.627. The van der Waals surface area contributed by atoms with Crippen LogP contribution in [0.4, 0.5) is 4.79 Å². The van der Waals surface area contributed by atoms with Gasteiger partial charge < -0.3 is 21.1 Å². The standard InChI is InChI=1S/C10H17N3O4S/c11-8(14)1-2-12-10(17)13-3-4-18-6-7(13)5-9(15)16/h7H,1-6H2,(H2,11,14)(H,12,17)(H,15,16). The van der Waals surface area contributed by atoms with Gasteiger partial charge in [0.2, 0.25) is 5.91 Å². The molecule has 8 heteroatoms. The van der Waals surface area contributed by atoms with Crippen LogP contribution in [0, 0.1) is 0 Å². The predicted octanol–water partition coefficient (Wildman–Crippen LogP) is -0.536. The first-order chi connectivity index (χ1) is 8.50. The highest BCUT2D eigenvalue weighted by atomic mass is 32.2. The van der Waals surface area contributed by atoms with Crippen molar-refractivity contribution in [3.8, 4) is 0 Å². The number of carboxylic acids is 1. The highest BCUT2D eigenvalue weighted by Gasteiger charge is 2.28. The molecule has 0 aromatic rings. The van der Waals surface area contributed by atoms with E-state index in [1.807, 2.05) is 0 Å². The van der Waals surface area contributed by atoms with Crippen LogP contribution in [0.15, 0.2) is 0 Å². The van der Waals surface area contributed by atoms with Gasteiger partial charge in [0.25, 0.3) is 0 Å². The first-order valence-electron chi connectivity index (χ1n) is 5.63. The molecule has 1 unspecified atom stereocenters. The van der Waals surface area contributed by atoms with Crippen molar-refractivity contribution < 1.29 is 19.5 Å². The lowest BCUT2D eigenvalue weighted by molar-refractivity contribution is -0.138. The molecule has 1 rings (SSSR count). The molecule has 0 spiro atoms. The number of nitrogens with zero attached hydrogens (tertiary/aromatic N) is 1. The molecule has 1 fully saturated rings. The number of aliphatic carboxylic acids is 1. The largest absolute Gasteiger partial charge is 0.481 e. The summed E-state index contributed by atoms with van der Waals surface area (Å²) in [4.78, 5) is 34.6. The molecular weight excluding hydrogens is 258 g/mol. The molecule has 0 aliphatic carbocycles. The molecule has 1 aliphatic heterocycles. The van der Waals surface area contributed by atoms with Crippen molar-refractivity contribution in [1.29, 1.82) is 0 Å². The van der Waals surface area contributed by atoms with Crippen LogP contribution in [0.1, 0.15) is 12.8 Å². The summed E-state index contributed by atoms with van der Waals surface area (Å²) in [6.45, 7) is 0.697. The fourth-order valence-corrected chi connectivity index (χ4v) is 2.75. The molecule has 1 saturated heterocycles. The summed E-state index contributed by atoms with van der Waals surface area (Å²) in [6.07, 6.45) is 0.0220. The lowest BCUT2D eigenvalue weighted by atomic mass is 10.2. The number of hydrogen-bond donors (Lipinski definition) is 3. The fourth-order valence-electron chi connectivity index (χ4n) is 1.69. The first kappa shape index (κ1) is 14.6. The third-order valence-corrected chi connectivity index (χ3v) is 3.64. The van der Waals surface area contributed by atoms with E-state index in [-0.39, 0.29) is 31.5 Å². The highest BCUT2D eigenvalue weighted by Crippen LogP contribution is 2.18. The van der Waals surface area contributed by atoms with Gasteiger partial charge in [-0.05, 0) is 0 Å². The van der Waals surface area contributed by atoms with E-state index < -0.39 is 11.9 Å². The Bertz CT molecular complexity index is 337. The molecule has 1 aliphatic rings. The second-order valence-corrected chi connectivity index (χ2v) is 5.12. The van der Waals surface area contributed by atoms with Crippen LogP contribution in [0.25, 0.3) is 0 Å². The van der Waals surface area contributed by atoms with E-state index >= 15 is 0 Å². The van der Waals surface area contributed by atoms with Gasteiger partial charge in [0.15, 0.2) is 0 Å². The zero-order valence-corrected chi connectivity index (χ0v) is 10.7. The van der Waals surface area contributed by atoms with Crippen molar-refractivity contribution in [2.45, 2.75) is 18.9 Å². The molecular formula is C10H17N3O4S. The Morgan fingerprint density at radius 2 is 2.17 bits per heavy atom. The molecule has 4 N–H and O–H groups in total. The van der Waals surface area contributed by atoms with Crippen molar-refractivity contribution in [1.82, 2.24) is 10.2 Å². The third kappa shape index (κ3) is 4.82. The highest BCUT2D eigenvalue weighted by molar-refractivity contribution is 7.99. The minimum Gasteiger partial charge on any atom is -0.481 e. The van der Waals surface area contributed by atoms with E-state index in [9.17, 15) is 14.4 Å². The summed E-state index contributed by atoms with van der Waals surface area (Å²) in [5, 5.41) is 11.4. The summed E-state index contributed by atoms with van der Waals surface area (Å²) in [7, 11) is 0. The molecule has 0 saturated carbocycles. The Morgan fingerprint density at radius 1 is 1.44 bits per heavy atom. The predicted molar refractivity (Wildman–Crippen MR) is 67.3 cm³/mol. The van der Waals surface area contributed by atoms with Crippen molar-refractivity contribution >= 4 is 29.7 Å². The number of nitrogens with one attached hydrogen (secondary N) is 1. The number of carboxylic acid groups (broad SMARTS) is 1. The van der Waals surface area contributed by atoms with E-state index in [1.165, 1.54) is 4.90 Å². The number of carbonyl (C=O) groups is 3. The quantitative estimate of drug-likeness (QED) is 0.624. The number of nitrogens with two attached hydrogens (primary N) is 1. The lowest BCUT2D eigenvalue weighted by Crippen LogP contribution is -2.51. The van der Waals surface area contributed by atoms with Gasteiger partial charge in [-0.3, -0.25) is 9.59 Å². The van der Waals surface area contributed by atoms with E-state index in [4.69, 9.17) is 10.8 Å². The van der Waals surface area contributed by atoms with Crippen LogP contribution in [0.5, 0.6) is 0 Å². The molecule has 1 heterocycles. The van der Waals surface area contributed by atoms with Crippen LogP contribution in [0.3, 0.4) is 0 Å². The smallest absolute Gasteiger partial charge is 0.317 e. The Hall–Kier alpha value is -1.44. The van der Waals surface area contributed by atoms with Gasteiger partial charge in [0.05, 0.1) is 12.5 Å². The van der Waals surface area contributed by atoms with Gasteiger partial charge in [-0.25, -0.2) is 4.79 Å². The minimum atomic E-state index is -0.919. The summed E-state index contributed by atoms with van der Waals surface area (Å²) >= 11 is 1.64. The second kappa shape index (κ2) is 7.10. The molecule has 3 amide bonds. The monoisotopic (exact) mass is 275 g/mol. The van der Waals surface area contributed by atoms with E-state index in [0.29, 0.717) is 12.3 Å². The maximum absolute atomic E-state index is 11.8. The number of primary amides is 1. The zero-order valence-electron chi connectivity index (χ0n) is 9.92. The van der Waals surface area contributed by atoms with E-state index in [2.05, 4.69) is 5.32 Å². The number of urea groups is 1. The Labute approximate surface area is 109 Å². The van der Waals surface area contributed by atoms with Crippen molar-refractivity contribution in [2.75, 3.05) is 24.6 Å². The molecule has 18 heavy (non-hydrogen) atoms. The number of amides is 3. The van der Waals surface area contributed by atoms with Gasteiger partial charge in [-0.1, -0.05) is 0 Å². The number of thioether (sulfide) groups is 1. The fraction of sp³-hybridized carbons (Fsp3) is 0.700. The van der Waals surface area contributed by atoms with Crippen LogP contribution in [0.2, 0.25) is 0 Å². The average Bonchev–Trinajstić information content (AvgIpc) is 2.28. The zero-order chi connectivity index (χ0) is 13.5. The molecule has 1 atom stereocenters. The van der Waals surface area contributed by atoms with Crippen molar-refractivity contribution in [2.24, 2.45) is 5.73 Å². The van der Waals surface area contributed by atoms with Gasteiger partial charge >= 0.3 is 12.0 Å². The van der Waals surface area contributed by atoms with E-state index in [1.54, 1.807) is 11.8 Å².